The molecule has 0 fully saturated rings. The van der Waals surface area contributed by atoms with Gasteiger partial charge >= 0.3 is 0 Å². The lowest BCUT2D eigenvalue weighted by Crippen LogP contribution is -2.42. The fourth-order valence-electron chi connectivity index (χ4n) is 3.12. The van der Waals surface area contributed by atoms with Gasteiger partial charge in [0.1, 0.15) is 16.4 Å². The third kappa shape index (κ3) is 2.71. The molecule has 0 saturated carbocycles. The summed E-state index contributed by atoms with van der Waals surface area (Å²) < 4.78 is 38.7. The maximum Gasteiger partial charge on any atom is 0.268 e. The molecule has 6 heteroatoms. The van der Waals surface area contributed by atoms with E-state index in [1.165, 1.54) is 24.6 Å². The first-order valence-corrected chi connectivity index (χ1v) is 9.27. The average molecular weight is 347 g/mol. The van der Waals surface area contributed by atoms with E-state index in [1.807, 2.05) is 31.2 Å². The second-order valence-corrected chi connectivity index (χ2v) is 7.62. The minimum Gasteiger partial charge on any atom is -0.497 e. The molecule has 128 valence electrons. The van der Waals surface area contributed by atoms with E-state index in [9.17, 15) is 8.42 Å². The van der Waals surface area contributed by atoms with E-state index in [-0.39, 0.29) is 16.7 Å². The molecule has 0 spiro atoms. The highest BCUT2D eigenvalue weighted by atomic mass is 32.2. The Bertz CT molecular complexity index is 848. The van der Waals surface area contributed by atoms with Crippen LogP contribution in [0.25, 0.3) is 0 Å². The third-order valence-electron chi connectivity index (χ3n) is 4.37. The predicted molar refractivity (Wildman–Crippen MR) is 93.4 cm³/mol. The molecule has 1 aliphatic rings. The van der Waals surface area contributed by atoms with Gasteiger partial charge in [-0.1, -0.05) is 18.2 Å². The molecular formula is C18H21NO4S. The van der Waals surface area contributed by atoms with Crippen LogP contribution in [-0.2, 0) is 16.4 Å². The van der Waals surface area contributed by atoms with Gasteiger partial charge in [0, 0.05) is 12.1 Å². The zero-order chi connectivity index (χ0) is 17.3. The lowest BCUT2D eigenvalue weighted by Gasteiger charge is -2.36. The van der Waals surface area contributed by atoms with Crippen LogP contribution >= 0.6 is 0 Å². The maximum absolute atomic E-state index is 13.3. The van der Waals surface area contributed by atoms with Gasteiger partial charge in [0.05, 0.1) is 19.9 Å². The highest BCUT2D eigenvalue weighted by molar-refractivity contribution is 7.93. The number of sulfonamides is 1. The number of aryl methyl sites for hydroxylation is 1. The molecule has 1 aliphatic heterocycles. The molecule has 3 rings (SSSR count). The summed E-state index contributed by atoms with van der Waals surface area (Å²) in [7, 11) is -0.746. The summed E-state index contributed by atoms with van der Waals surface area (Å²) in [5.41, 5.74) is 1.79. The van der Waals surface area contributed by atoms with E-state index < -0.39 is 10.0 Å². The van der Waals surface area contributed by atoms with Gasteiger partial charge in [-0.25, -0.2) is 8.42 Å². The van der Waals surface area contributed by atoms with Crippen LogP contribution in [0, 0.1) is 0 Å². The smallest absolute Gasteiger partial charge is 0.268 e. The summed E-state index contributed by atoms with van der Waals surface area (Å²) in [6.07, 6.45) is 1.66. The largest absolute Gasteiger partial charge is 0.497 e. The maximum atomic E-state index is 13.3. The molecule has 1 atom stereocenters. The topological polar surface area (TPSA) is 55.8 Å². The Morgan fingerprint density at radius 3 is 2.54 bits per heavy atom. The van der Waals surface area contributed by atoms with Gasteiger partial charge in [-0.3, -0.25) is 4.31 Å². The minimum absolute atomic E-state index is 0.114. The van der Waals surface area contributed by atoms with Crippen LogP contribution in [0.15, 0.2) is 47.4 Å². The molecule has 0 amide bonds. The molecule has 24 heavy (non-hydrogen) atoms. The first kappa shape index (κ1) is 16.6. The van der Waals surface area contributed by atoms with Crippen molar-refractivity contribution in [2.75, 3.05) is 18.5 Å². The summed E-state index contributed by atoms with van der Waals surface area (Å²) in [5, 5.41) is 0. The summed E-state index contributed by atoms with van der Waals surface area (Å²) in [5.74, 6) is 0.836. The second-order valence-electron chi connectivity index (χ2n) is 5.83. The standard InChI is InChI=1S/C18H21NO4S/c1-13-8-9-14-6-4-5-7-16(14)19(13)24(20,21)18-11-10-15(22-2)12-17(18)23-3/h4-7,10-13H,8-9H2,1-3H3. The molecule has 2 aromatic rings. The average Bonchev–Trinajstić information content (AvgIpc) is 2.60. The summed E-state index contributed by atoms with van der Waals surface area (Å²) in [6.45, 7) is 1.93. The summed E-state index contributed by atoms with van der Waals surface area (Å²) >= 11 is 0. The van der Waals surface area contributed by atoms with Gasteiger partial charge in [-0.2, -0.15) is 0 Å². The second kappa shape index (κ2) is 6.36. The Morgan fingerprint density at radius 2 is 1.83 bits per heavy atom. The molecule has 0 aromatic heterocycles. The van der Waals surface area contributed by atoms with E-state index >= 15 is 0 Å². The zero-order valence-corrected chi connectivity index (χ0v) is 14.8. The number of para-hydroxylation sites is 1. The number of fused-ring (bicyclic) bond motifs is 1. The van der Waals surface area contributed by atoms with Crippen LogP contribution in [0.2, 0.25) is 0 Å². The van der Waals surface area contributed by atoms with E-state index in [0.717, 1.165) is 24.1 Å². The van der Waals surface area contributed by atoms with Crippen molar-refractivity contribution >= 4 is 15.7 Å². The third-order valence-corrected chi connectivity index (χ3v) is 6.34. The number of methoxy groups -OCH3 is 2. The van der Waals surface area contributed by atoms with Crippen molar-refractivity contribution in [2.45, 2.75) is 30.7 Å². The van der Waals surface area contributed by atoms with Crippen LogP contribution in [-0.4, -0.2) is 28.7 Å². The highest BCUT2D eigenvalue weighted by Crippen LogP contribution is 2.38. The molecule has 0 N–H and O–H groups in total. The molecular weight excluding hydrogens is 326 g/mol. The molecule has 1 unspecified atom stereocenters. The van der Waals surface area contributed by atoms with Crippen molar-refractivity contribution in [3.05, 3.63) is 48.0 Å². The molecule has 0 aliphatic carbocycles. The molecule has 1 heterocycles. The lowest BCUT2D eigenvalue weighted by atomic mass is 9.99. The molecule has 0 saturated heterocycles. The Kier molecular flexibility index (Phi) is 4.41. The van der Waals surface area contributed by atoms with Gasteiger partial charge in [-0.15, -0.1) is 0 Å². The first-order chi connectivity index (χ1) is 11.5. The minimum atomic E-state index is -3.74. The van der Waals surface area contributed by atoms with Gasteiger partial charge in [-0.05, 0) is 43.5 Å². The highest BCUT2D eigenvalue weighted by Gasteiger charge is 2.35. The van der Waals surface area contributed by atoms with E-state index in [0.29, 0.717) is 5.75 Å². The number of ether oxygens (including phenoxy) is 2. The Balaban J connectivity index is 2.15. The van der Waals surface area contributed by atoms with Crippen LogP contribution in [0.5, 0.6) is 11.5 Å². The van der Waals surface area contributed by atoms with E-state index in [1.54, 1.807) is 12.1 Å². The number of anilines is 1. The summed E-state index contributed by atoms with van der Waals surface area (Å²) in [6, 6.07) is 12.3. The molecule has 0 radical (unpaired) electrons. The lowest BCUT2D eigenvalue weighted by molar-refractivity contribution is 0.386. The van der Waals surface area contributed by atoms with Crippen molar-refractivity contribution in [1.82, 2.24) is 0 Å². The van der Waals surface area contributed by atoms with Crippen molar-refractivity contribution in [3.8, 4) is 11.5 Å². The van der Waals surface area contributed by atoms with Gasteiger partial charge in [0.25, 0.3) is 10.0 Å². The Hall–Kier alpha value is -2.21. The number of rotatable bonds is 4. The van der Waals surface area contributed by atoms with Crippen molar-refractivity contribution < 1.29 is 17.9 Å². The quantitative estimate of drug-likeness (QED) is 0.852. The number of benzene rings is 2. The van der Waals surface area contributed by atoms with Gasteiger partial charge in [0.15, 0.2) is 0 Å². The van der Waals surface area contributed by atoms with Crippen LogP contribution < -0.4 is 13.8 Å². The number of hydrogen-bond donors (Lipinski definition) is 0. The van der Waals surface area contributed by atoms with Gasteiger partial charge < -0.3 is 9.47 Å². The Labute approximate surface area is 142 Å². The van der Waals surface area contributed by atoms with Crippen molar-refractivity contribution in [1.29, 1.82) is 0 Å². The van der Waals surface area contributed by atoms with E-state index in [2.05, 4.69) is 0 Å². The van der Waals surface area contributed by atoms with Crippen LogP contribution in [0.3, 0.4) is 0 Å². The number of nitrogens with zero attached hydrogens (tertiary/aromatic N) is 1. The first-order valence-electron chi connectivity index (χ1n) is 7.83. The zero-order valence-electron chi connectivity index (χ0n) is 14.0. The van der Waals surface area contributed by atoms with Crippen molar-refractivity contribution in [3.63, 3.8) is 0 Å². The monoisotopic (exact) mass is 347 g/mol. The predicted octanol–water partition coefficient (Wildman–Crippen LogP) is 3.23. The number of hydrogen-bond acceptors (Lipinski definition) is 4. The van der Waals surface area contributed by atoms with Gasteiger partial charge in [0.2, 0.25) is 0 Å². The van der Waals surface area contributed by atoms with Crippen LogP contribution in [0.1, 0.15) is 18.9 Å². The van der Waals surface area contributed by atoms with E-state index in [4.69, 9.17) is 9.47 Å². The van der Waals surface area contributed by atoms with Crippen LogP contribution in [0.4, 0.5) is 5.69 Å². The Morgan fingerprint density at radius 1 is 1.08 bits per heavy atom. The fraction of sp³-hybridized carbons (Fsp3) is 0.333. The summed E-state index contributed by atoms with van der Waals surface area (Å²) in [4.78, 5) is 0.148. The van der Waals surface area contributed by atoms with Crippen molar-refractivity contribution in [2.24, 2.45) is 0 Å². The fourth-order valence-corrected chi connectivity index (χ4v) is 4.98. The normalized spacial score (nSPS) is 17.3. The SMILES string of the molecule is COc1ccc(S(=O)(=O)N2c3ccccc3CCC2C)c(OC)c1. The molecule has 2 aromatic carbocycles. The molecule has 5 nitrogen and oxygen atoms in total. The molecule has 0 bridgehead atoms.